The zero-order chi connectivity index (χ0) is 11.1. The Bertz CT molecular complexity index is 385. The van der Waals surface area contributed by atoms with Crippen LogP contribution in [-0.4, -0.2) is 18.9 Å². The minimum absolute atomic E-state index is 0.180. The van der Waals surface area contributed by atoms with Gasteiger partial charge < -0.3 is 5.32 Å². The fourth-order valence-corrected chi connectivity index (χ4v) is 2.11. The lowest BCUT2D eigenvalue weighted by atomic mass is 9.77. The number of carbonyl (C=O) groups is 1. The molecule has 0 atom stereocenters. The molecule has 1 aromatic rings. The van der Waals surface area contributed by atoms with E-state index in [1.165, 1.54) is 0 Å². The van der Waals surface area contributed by atoms with Gasteiger partial charge in [-0.05, 0) is 32.9 Å². The second-order valence-electron chi connectivity index (χ2n) is 4.87. The second-order valence-corrected chi connectivity index (χ2v) is 4.87. The van der Waals surface area contributed by atoms with Crippen molar-refractivity contribution in [2.75, 3.05) is 13.1 Å². The standard InChI is InChI=1S/C13H17NO/c1-9-4-10(2)6-11(5-9)12(15)13(3)7-14-8-13/h4-6,14H,7-8H2,1-3H3. The molecule has 15 heavy (non-hydrogen) atoms. The molecule has 0 radical (unpaired) electrons. The first-order chi connectivity index (χ1) is 7.01. The highest BCUT2D eigenvalue weighted by molar-refractivity contribution is 6.01. The largest absolute Gasteiger partial charge is 0.315 e. The molecule has 0 bridgehead atoms. The molecule has 1 heterocycles. The number of aryl methyl sites for hydroxylation is 2. The van der Waals surface area contributed by atoms with Crippen molar-refractivity contribution < 1.29 is 4.79 Å². The molecule has 2 rings (SSSR count). The Hall–Kier alpha value is -1.15. The fraction of sp³-hybridized carbons (Fsp3) is 0.462. The van der Waals surface area contributed by atoms with E-state index >= 15 is 0 Å². The minimum Gasteiger partial charge on any atom is -0.315 e. The molecule has 0 saturated carbocycles. The molecule has 0 spiro atoms. The second kappa shape index (κ2) is 3.46. The van der Waals surface area contributed by atoms with E-state index in [4.69, 9.17) is 0 Å². The fourth-order valence-electron chi connectivity index (χ4n) is 2.11. The van der Waals surface area contributed by atoms with Gasteiger partial charge in [0.15, 0.2) is 5.78 Å². The molecular formula is C13H17NO. The summed E-state index contributed by atoms with van der Waals surface area (Å²) in [7, 11) is 0. The number of benzene rings is 1. The van der Waals surface area contributed by atoms with Crippen LogP contribution in [0.1, 0.15) is 28.4 Å². The first-order valence-electron chi connectivity index (χ1n) is 5.35. The van der Waals surface area contributed by atoms with Gasteiger partial charge >= 0.3 is 0 Å². The summed E-state index contributed by atoms with van der Waals surface area (Å²) in [5.41, 5.74) is 3.00. The molecule has 80 valence electrons. The number of nitrogens with one attached hydrogen (secondary N) is 1. The summed E-state index contributed by atoms with van der Waals surface area (Å²) < 4.78 is 0. The Morgan fingerprint density at radius 3 is 2.13 bits per heavy atom. The van der Waals surface area contributed by atoms with E-state index in [-0.39, 0.29) is 11.2 Å². The van der Waals surface area contributed by atoms with Crippen molar-refractivity contribution in [3.05, 3.63) is 34.9 Å². The summed E-state index contributed by atoms with van der Waals surface area (Å²) >= 11 is 0. The van der Waals surface area contributed by atoms with Crippen LogP contribution in [0.4, 0.5) is 0 Å². The molecule has 1 aliphatic heterocycles. The lowest BCUT2D eigenvalue weighted by Gasteiger charge is -2.37. The maximum absolute atomic E-state index is 12.2. The molecule has 0 aromatic heterocycles. The Morgan fingerprint density at radius 1 is 1.20 bits per heavy atom. The van der Waals surface area contributed by atoms with Crippen molar-refractivity contribution >= 4 is 5.78 Å². The van der Waals surface area contributed by atoms with Gasteiger partial charge in [-0.3, -0.25) is 4.79 Å². The van der Waals surface area contributed by atoms with Gasteiger partial charge in [0.2, 0.25) is 0 Å². The summed E-state index contributed by atoms with van der Waals surface area (Å²) in [6.07, 6.45) is 0. The molecule has 0 unspecified atom stereocenters. The minimum atomic E-state index is -0.180. The molecule has 1 aromatic carbocycles. The molecule has 2 nitrogen and oxygen atoms in total. The molecular weight excluding hydrogens is 186 g/mol. The van der Waals surface area contributed by atoms with Crippen molar-refractivity contribution in [3.63, 3.8) is 0 Å². The quantitative estimate of drug-likeness (QED) is 0.746. The van der Waals surface area contributed by atoms with Gasteiger partial charge in [0.1, 0.15) is 0 Å². The number of ketones is 1. The van der Waals surface area contributed by atoms with Crippen LogP contribution >= 0.6 is 0 Å². The van der Waals surface area contributed by atoms with Gasteiger partial charge in [-0.2, -0.15) is 0 Å². The highest BCUT2D eigenvalue weighted by atomic mass is 16.1. The van der Waals surface area contributed by atoms with E-state index in [0.717, 1.165) is 29.8 Å². The van der Waals surface area contributed by atoms with Crippen molar-refractivity contribution in [2.45, 2.75) is 20.8 Å². The summed E-state index contributed by atoms with van der Waals surface area (Å²) in [5, 5.41) is 3.16. The third kappa shape index (κ3) is 1.82. The average Bonchev–Trinajstić information content (AvgIpc) is 2.11. The van der Waals surface area contributed by atoms with Crippen LogP contribution in [0.2, 0.25) is 0 Å². The predicted molar refractivity (Wildman–Crippen MR) is 61.2 cm³/mol. The van der Waals surface area contributed by atoms with Gasteiger partial charge in [0.25, 0.3) is 0 Å². The van der Waals surface area contributed by atoms with Gasteiger partial charge in [-0.25, -0.2) is 0 Å². The van der Waals surface area contributed by atoms with Crippen LogP contribution in [0.3, 0.4) is 0 Å². The normalized spacial score (nSPS) is 18.3. The van der Waals surface area contributed by atoms with Crippen molar-refractivity contribution in [2.24, 2.45) is 5.41 Å². The van der Waals surface area contributed by atoms with E-state index in [1.807, 2.05) is 32.9 Å². The lowest BCUT2D eigenvalue weighted by Crippen LogP contribution is -2.56. The lowest BCUT2D eigenvalue weighted by molar-refractivity contribution is 0.0721. The maximum Gasteiger partial charge on any atom is 0.171 e. The summed E-state index contributed by atoms with van der Waals surface area (Å²) in [6.45, 7) is 7.71. The van der Waals surface area contributed by atoms with Gasteiger partial charge in [-0.15, -0.1) is 0 Å². The van der Waals surface area contributed by atoms with E-state index < -0.39 is 0 Å². The summed E-state index contributed by atoms with van der Waals surface area (Å²) in [6, 6.07) is 6.07. The van der Waals surface area contributed by atoms with Crippen molar-refractivity contribution in [3.8, 4) is 0 Å². The number of rotatable bonds is 2. The Kier molecular flexibility index (Phi) is 2.39. The topological polar surface area (TPSA) is 29.1 Å². The van der Waals surface area contributed by atoms with Crippen molar-refractivity contribution in [1.29, 1.82) is 0 Å². The highest BCUT2D eigenvalue weighted by Gasteiger charge is 2.39. The van der Waals surface area contributed by atoms with Crippen LogP contribution in [0.5, 0.6) is 0 Å². The summed E-state index contributed by atoms with van der Waals surface area (Å²) in [5.74, 6) is 0.271. The predicted octanol–water partition coefficient (Wildman–Crippen LogP) is 2.10. The Balaban J connectivity index is 2.33. The molecule has 1 aliphatic rings. The van der Waals surface area contributed by atoms with E-state index in [2.05, 4.69) is 11.4 Å². The van der Waals surface area contributed by atoms with Crippen LogP contribution < -0.4 is 5.32 Å². The van der Waals surface area contributed by atoms with Gasteiger partial charge in [0, 0.05) is 18.7 Å². The summed E-state index contributed by atoms with van der Waals surface area (Å²) in [4.78, 5) is 12.2. The zero-order valence-electron chi connectivity index (χ0n) is 9.55. The first kappa shape index (κ1) is 10.4. The Labute approximate surface area is 90.7 Å². The molecule has 0 aliphatic carbocycles. The third-order valence-corrected chi connectivity index (χ3v) is 3.06. The molecule has 0 amide bonds. The Morgan fingerprint density at radius 2 is 1.73 bits per heavy atom. The molecule has 1 fully saturated rings. The van der Waals surface area contributed by atoms with Gasteiger partial charge in [-0.1, -0.05) is 17.2 Å². The van der Waals surface area contributed by atoms with Crippen LogP contribution in [0.25, 0.3) is 0 Å². The van der Waals surface area contributed by atoms with E-state index in [1.54, 1.807) is 0 Å². The molecule has 1 saturated heterocycles. The van der Waals surface area contributed by atoms with E-state index in [0.29, 0.717) is 0 Å². The van der Waals surface area contributed by atoms with Crippen LogP contribution in [-0.2, 0) is 0 Å². The van der Waals surface area contributed by atoms with Crippen LogP contribution in [0, 0.1) is 19.3 Å². The molecule has 2 heteroatoms. The smallest absolute Gasteiger partial charge is 0.171 e. The maximum atomic E-state index is 12.2. The highest BCUT2D eigenvalue weighted by Crippen LogP contribution is 2.27. The van der Waals surface area contributed by atoms with Crippen molar-refractivity contribution in [1.82, 2.24) is 5.32 Å². The molecule has 1 N–H and O–H groups in total. The number of Topliss-reactive ketones (excluding diaryl/α,β-unsaturated/α-hetero) is 1. The SMILES string of the molecule is Cc1cc(C)cc(C(=O)C2(C)CNC2)c1. The number of hydrogen-bond acceptors (Lipinski definition) is 2. The third-order valence-electron chi connectivity index (χ3n) is 3.06. The number of hydrogen-bond donors (Lipinski definition) is 1. The van der Waals surface area contributed by atoms with E-state index in [9.17, 15) is 4.79 Å². The monoisotopic (exact) mass is 203 g/mol. The van der Waals surface area contributed by atoms with Crippen LogP contribution in [0.15, 0.2) is 18.2 Å². The zero-order valence-corrected chi connectivity index (χ0v) is 9.55. The first-order valence-corrected chi connectivity index (χ1v) is 5.35. The average molecular weight is 203 g/mol. The van der Waals surface area contributed by atoms with Gasteiger partial charge in [0.05, 0.1) is 5.41 Å². The number of carbonyl (C=O) groups excluding carboxylic acids is 1.